The van der Waals surface area contributed by atoms with E-state index in [0.717, 1.165) is 18.5 Å². The van der Waals surface area contributed by atoms with Crippen LogP contribution in [-0.4, -0.2) is 17.6 Å². The van der Waals surface area contributed by atoms with Gasteiger partial charge in [-0.3, -0.25) is 9.78 Å². The molecule has 0 bridgehead atoms. The Morgan fingerprint density at radius 1 is 1.29 bits per heavy atom. The van der Waals surface area contributed by atoms with Gasteiger partial charge in [-0.1, -0.05) is 32.3 Å². The Morgan fingerprint density at radius 3 is 2.88 bits per heavy atom. The minimum Gasteiger partial charge on any atom is -0.465 e. The van der Waals surface area contributed by atoms with E-state index in [1.165, 1.54) is 12.8 Å². The van der Waals surface area contributed by atoms with Gasteiger partial charge in [0.15, 0.2) is 0 Å². The van der Waals surface area contributed by atoms with Crippen molar-refractivity contribution < 1.29 is 9.53 Å². The van der Waals surface area contributed by atoms with Gasteiger partial charge in [0.25, 0.3) is 0 Å². The van der Waals surface area contributed by atoms with E-state index in [1.54, 1.807) is 6.20 Å². The van der Waals surface area contributed by atoms with Gasteiger partial charge in [0.2, 0.25) is 0 Å². The molecule has 0 N–H and O–H groups in total. The molecule has 94 valence electrons. The Labute approximate surface area is 103 Å². The van der Waals surface area contributed by atoms with Gasteiger partial charge in [-0.25, -0.2) is 0 Å². The molecule has 17 heavy (non-hydrogen) atoms. The third kappa shape index (κ3) is 6.72. The minimum absolute atomic E-state index is 0.0861. The van der Waals surface area contributed by atoms with E-state index < -0.39 is 0 Å². The maximum Gasteiger partial charge on any atom is 0.305 e. The highest BCUT2D eigenvalue weighted by Gasteiger charge is 2.02. The number of carbonyl (C=O) groups excluding carboxylic acids is 1. The second kappa shape index (κ2) is 8.74. The van der Waals surface area contributed by atoms with E-state index in [1.807, 2.05) is 18.2 Å². The lowest BCUT2D eigenvalue weighted by molar-refractivity contribution is -0.143. The summed E-state index contributed by atoms with van der Waals surface area (Å²) in [6.45, 7) is 2.59. The first kappa shape index (κ1) is 13.7. The zero-order chi connectivity index (χ0) is 12.3. The summed E-state index contributed by atoms with van der Waals surface area (Å²) in [7, 11) is 0. The highest BCUT2D eigenvalue weighted by atomic mass is 16.5. The second-order valence-electron chi connectivity index (χ2n) is 4.10. The number of ether oxygens (including phenoxy) is 1. The van der Waals surface area contributed by atoms with E-state index in [2.05, 4.69) is 11.9 Å². The van der Waals surface area contributed by atoms with E-state index in [4.69, 9.17) is 4.74 Å². The van der Waals surface area contributed by atoms with Crippen LogP contribution in [0.4, 0.5) is 0 Å². The lowest BCUT2D eigenvalue weighted by atomic mass is 10.2. The molecule has 0 radical (unpaired) electrons. The van der Waals surface area contributed by atoms with Crippen molar-refractivity contribution in [1.82, 2.24) is 4.98 Å². The molecule has 0 saturated heterocycles. The van der Waals surface area contributed by atoms with Crippen molar-refractivity contribution in [3.8, 4) is 0 Å². The summed E-state index contributed by atoms with van der Waals surface area (Å²) in [5, 5.41) is 0. The Morgan fingerprint density at radius 2 is 2.18 bits per heavy atom. The first-order chi connectivity index (χ1) is 8.33. The van der Waals surface area contributed by atoms with E-state index in [0.29, 0.717) is 19.4 Å². The number of carbonyl (C=O) groups is 1. The molecule has 0 fully saturated rings. The van der Waals surface area contributed by atoms with Crippen LogP contribution in [0.2, 0.25) is 0 Å². The van der Waals surface area contributed by atoms with Crippen molar-refractivity contribution in [3.05, 3.63) is 30.1 Å². The molecule has 0 unspecified atom stereocenters. The molecular weight excluding hydrogens is 214 g/mol. The van der Waals surface area contributed by atoms with Gasteiger partial charge in [-0.15, -0.1) is 0 Å². The maximum absolute atomic E-state index is 11.4. The molecule has 0 aromatic carbocycles. The zero-order valence-electron chi connectivity index (χ0n) is 10.5. The number of hydrogen-bond acceptors (Lipinski definition) is 3. The number of esters is 1. The average molecular weight is 235 g/mol. The first-order valence-electron chi connectivity index (χ1n) is 6.38. The third-order valence-corrected chi connectivity index (χ3v) is 2.58. The van der Waals surface area contributed by atoms with Crippen LogP contribution in [0.15, 0.2) is 24.4 Å². The summed E-state index contributed by atoms with van der Waals surface area (Å²) < 4.78 is 5.15. The van der Waals surface area contributed by atoms with Crippen molar-refractivity contribution in [2.75, 3.05) is 6.61 Å². The molecule has 0 saturated carbocycles. The van der Waals surface area contributed by atoms with Gasteiger partial charge in [-0.05, 0) is 18.6 Å². The molecule has 0 aliphatic rings. The number of aromatic nitrogens is 1. The topological polar surface area (TPSA) is 39.2 Å². The fourth-order valence-electron chi connectivity index (χ4n) is 1.58. The molecule has 0 aliphatic carbocycles. The van der Waals surface area contributed by atoms with Crippen LogP contribution in [0, 0.1) is 0 Å². The number of unbranched alkanes of at least 4 members (excludes halogenated alkanes) is 3. The van der Waals surface area contributed by atoms with Crippen LogP contribution in [0.3, 0.4) is 0 Å². The number of nitrogens with zero attached hydrogens (tertiary/aromatic N) is 1. The van der Waals surface area contributed by atoms with Crippen molar-refractivity contribution in [1.29, 1.82) is 0 Å². The van der Waals surface area contributed by atoms with Gasteiger partial charge >= 0.3 is 5.97 Å². The fraction of sp³-hybridized carbons (Fsp3) is 0.571. The largest absolute Gasteiger partial charge is 0.465 e. The summed E-state index contributed by atoms with van der Waals surface area (Å²) in [5.74, 6) is -0.0861. The summed E-state index contributed by atoms with van der Waals surface area (Å²) in [5.41, 5.74) is 0.964. The molecule has 3 nitrogen and oxygen atoms in total. The molecule has 1 rings (SSSR count). The van der Waals surface area contributed by atoms with Gasteiger partial charge < -0.3 is 4.74 Å². The van der Waals surface area contributed by atoms with E-state index >= 15 is 0 Å². The summed E-state index contributed by atoms with van der Waals surface area (Å²) >= 11 is 0. The van der Waals surface area contributed by atoms with Crippen LogP contribution in [0.5, 0.6) is 0 Å². The predicted octanol–water partition coefficient (Wildman–Crippen LogP) is 3.14. The highest BCUT2D eigenvalue weighted by molar-refractivity contribution is 5.69. The van der Waals surface area contributed by atoms with Gasteiger partial charge in [0.05, 0.1) is 6.61 Å². The number of pyridine rings is 1. The molecule has 0 amide bonds. The second-order valence-corrected chi connectivity index (χ2v) is 4.10. The quantitative estimate of drug-likeness (QED) is 0.513. The summed E-state index contributed by atoms with van der Waals surface area (Å²) in [6.07, 6.45) is 7.43. The summed E-state index contributed by atoms with van der Waals surface area (Å²) in [4.78, 5) is 15.5. The normalized spacial score (nSPS) is 10.2. The van der Waals surface area contributed by atoms with E-state index in [-0.39, 0.29) is 5.97 Å². The lowest BCUT2D eigenvalue weighted by Gasteiger charge is -2.04. The third-order valence-electron chi connectivity index (χ3n) is 2.58. The van der Waals surface area contributed by atoms with Crippen LogP contribution in [0.25, 0.3) is 0 Å². The van der Waals surface area contributed by atoms with Crippen LogP contribution < -0.4 is 0 Å². The Kier molecular flexibility index (Phi) is 7.03. The Bertz CT molecular complexity index is 311. The van der Waals surface area contributed by atoms with Gasteiger partial charge in [0, 0.05) is 24.7 Å². The number of rotatable bonds is 8. The van der Waals surface area contributed by atoms with Crippen LogP contribution in [0.1, 0.15) is 44.7 Å². The predicted molar refractivity (Wildman–Crippen MR) is 67.7 cm³/mol. The smallest absolute Gasteiger partial charge is 0.305 e. The molecule has 1 heterocycles. The fourth-order valence-corrected chi connectivity index (χ4v) is 1.58. The molecule has 0 aliphatic heterocycles. The standard InChI is InChI=1S/C14H21NO2/c1-2-3-4-5-9-14(16)17-12-10-13-8-6-7-11-15-13/h6-8,11H,2-5,9-10,12H2,1H3. The maximum atomic E-state index is 11.4. The van der Waals surface area contributed by atoms with E-state index in [9.17, 15) is 4.79 Å². The molecule has 1 aromatic rings. The van der Waals surface area contributed by atoms with Crippen molar-refractivity contribution in [3.63, 3.8) is 0 Å². The minimum atomic E-state index is -0.0861. The number of hydrogen-bond donors (Lipinski definition) is 0. The summed E-state index contributed by atoms with van der Waals surface area (Å²) in [6, 6.07) is 5.76. The molecule has 0 atom stereocenters. The average Bonchev–Trinajstić information content (AvgIpc) is 2.36. The monoisotopic (exact) mass is 235 g/mol. The molecule has 0 spiro atoms. The highest BCUT2D eigenvalue weighted by Crippen LogP contribution is 2.04. The van der Waals surface area contributed by atoms with Crippen molar-refractivity contribution in [2.24, 2.45) is 0 Å². The molecule has 1 aromatic heterocycles. The lowest BCUT2D eigenvalue weighted by Crippen LogP contribution is -2.08. The zero-order valence-corrected chi connectivity index (χ0v) is 10.5. The van der Waals surface area contributed by atoms with Gasteiger partial charge in [-0.2, -0.15) is 0 Å². The molecule has 3 heteroatoms. The Hall–Kier alpha value is -1.38. The Balaban J connectivity index is 2.04. The molecular formula is C14H21NO2. The first-order valence-corrected chi connectivity index (χ1v) is 6.38. The van der Waals surface area contributed by atoms with Crippen molar-refractivity contribution in [2.45, 2.75) is 45.4 Å². The SMILES string of the molecule is CCCCCCC(=O)OCCc1ccccn1. The van der Waals surface area contributed by atoms with Crippen LogP contribution in [-0.2, 0) is 16.0 Å². The van der Waals surface area contributed by atoms with Crippen molar-refractivity contribution >= 4 is 5.97 Å². The van der Waals surface area contributed by atoms with Crippen LogP contribution >= 0.6 is 0 Å². The van der Waals surface area contributed by atoms with Gasteiger partial charge in [0.1, 0.15) is 0 Å².